The molecule has 1 aliphatic heterocycles. The van der Waals surface area contributed by atoms with E-state index in [4.69, 9.17) is 0 Å². The highest BCUT2D eigenvalue weighted by atomic mass is 32.2. The summed E-state index contributed by atoms with van der Waals surface area (Å²) in [5.74, 6) is 1.45. The molecule has 0 N–H and O–H groups in total. The first kappa shape index (κ1) is 14.9. The number of sulfone groups is 1. The quantitative estimate of drug-likeness (QED) is 0.850. The Kier molecular flexibility index (Phi) is 3.99. The van der Waals surface area contributed by atoms with Crippen LogP contribution >= 0.6 is 11.5 Å². The lowest BCUT2D eigenvalue weighted by atomic mass is 10.2. The largest absolute Gasteiger partial charge is 0.294 e. The van der Waals surface area contributed by atoms with Crippen molar-refractivity contribution < 1.29 is 8.42 Å². The Hall–Kier alpha value is -0.530. The average Bonchev–Trinajstić information content (AvgIpc) is 2.72. The average molecular weight is 303 g/mol. The topological polar surface area (TPSA) is 63.2 Å². The second-order valence-corrected chi connectivity index (χ2v) is 9.57. The smallest absolute Gasteiger partial charge is 0.157 e. The SMILES string of the molecule is CC(C)c1nsc(CN2CCS(=O)(=O)C(C)(C)C2)n1. The molecule has 0 aliphatic carbocycles. The van der Waals surface area contributed by atoms with Crippen molar-refractivity contribution in [3.8, 4) is 0 Å². The third kappa shape index (κ3) is 3.14. The second-order valence-electron chi connectivity index (χ2n) is 5.99. The minimum absolute atomic E-state index is 0.232. The van der Waals surface area contributed by atoms with E-state index < -0.39 is 14.6 Å². The van der Waals surface area contributed by atoms with Crippen molar-refractivity contribution in [3.63, 3.8) is 0 Å². The summed E-state index contributed by atoms with van der Waals surface area (Å²) >= 11 is 1.42. The van der Waals surface area contributed by atoms with Crippen molar-refractivity contribution in [3.05, 3.63) is 10.8 Å². The van der Waals surface area contributed by atoms with Gasteiger partial charge in [-0.15, -0.1) is 0 Å². The van der Waals surface area contributed by atoms with Crippen molar-refractivity contribution in [1.82, 2.24) is 14.3 Å². The van der Waals surface area contributed by atoms with E-state index >= 15 is 0 Å². The second kappa shape index (κ2) is 5.10. The first-order chi connectivity index (χ1) is 8.71. The number of aromatic nitrogens is 2. The molecule has 5 nitrogen and oxygen atoms in total. The highest BCUT2D eigenvalue weighted by Gasteiger charge is 2.40. The van der Waals surface area contributed by atoms with E-state index in [-0.39, 0.29) is 5.75 Å². The molecule has 0 saturated carbocycles. The number of rotatable bonds is 3. The van der Waals surface area contributed by atoms with Gasteiger partial charge in [-0.1, -0.05) is 13.8 Å². The Balaban J connectivity index is 2.05. The van der Waals surface area contributed by atoms with Crippen LogP contribution in [0.2, 0.25) is 0 Å². The maximum absolute atomic E-state index is 11.9. The molecule has 0 atom stereocenters. The summed E-state index contributed by atoms with van der Waals surface area (Å²) in [6, 6.07) is 0. The molecule has 1 aromatic rings. The molecular weight excluding hydrogens is 282 g/mol. The third-order valence-corrected chi connectivity index (χ3v) is 6.72. The summed E-state index contributed by atoms with van der Waals surface area (Å²) in [5, 5.41) is 0.971. The Morgan fingerprint density at radius 2 is 2.11 bits per heavy atom. The Bertz CT molecular complexity index is 549. The summed E-state index contributed by atoms with van der Waals surface area (Å²) in [7, 11) is -2.97. The van der Waals surface area contributed by atoms with E-state index in [0.717, 1.165) is 10.8 Å². The molecule has 1 aromatic heterocycles. The van der Waals surface area contributed by atoms with E-state index in [1.54, 1.807) is 13.8 Å². The molecule has 2 rings (SSSR count). The maximum atomic E-state index is 11.9. The van der Waals surface area contributed by atoms with Crippen LogP contribution in [0.4, 0.5) is 0 Å². The van der Waals surface area contributed by atoms with Gasteiger partial charge in [0.15, 0.2) is 9.84 Å². The van der Waals surface area contributed by atoms with Crippen LogP contribution in [-0.2, 0) is 16.4 Å². The van der Waals surface area contributed by atoms with Crippen LogP contribution in [-0.4, -0.2) is 46.3 Å². The molecule has 0 spiro atoms. The minimum Gasteiger partial charge on any atom is -0.294 e. The normalized spacial score (nSPS) is 22.8. The molecule has 1 aliphatic rings. The molecule has 0 amide bonds. The zero-order chi connectivity index (χ0) is 14.3. The Morgan fingerprint density at radius 3 is 2.63 bits per heavy atom. The molecule has 2 heterocycles. The first-order valence-corrected chi connectivity index (χ1v) is 8.91. The lowest BCUT2D eigenvalue weighted by molar-refractivity contribution is 0.241. The van der Waals surface area contributed by atoms with E-state index in [1.165, 1.54) is 11.5 Å². The van der Waals surface area contributed by atoms with Crippen molar-refractivity contribution in [2.75, 3.05) is 18.8 Å². The maximum Gasteiger partial charge on any atom is 0.157 e. The third-order valence-electron chi connectivity index (χ3n) is 3.48. The molecule has 0 unspecified atom stereocenters. The summed E-state index contributed by atoms with van der Waals surface area (Å²) < 4.78 is 27.5. The fourth-order valence-corrected chi connectivity index (χ4v) is 4.39. The Morgan fingerprint density at radius 1 is 1.42 bits per heavy atom. The van der Waals surface area contributed by atoms with Gasteiger partial charge in [-0.25, -0.2) is 13.4 Å². The standard InChI is InChI=1S/C12H21N3O2S2/c1-9(2)11-13-10(18-14-11)7-15-5-6-19(16,17)12(3,4)8-15/h9H,5-8H2,1-4H3. The summed E-state index contributed by atoms with van der Waals surface area (Å²) in [4.78, 5) is 6.66. The van der Waals surface area contributed by atoms with Crippen LogP contribution in [0.25, 0.3) is 0 Å². The van der Waals surface area contributed by atoms with E-state index in [9.17, 15) is 8.42 Å². The zero-order valence-electron chi connectivity index (χ0n) is 11.9. The molecule has 0 bridgehead atoms. The number of hydrogen-bond donors (Lipinski definition) is 0. The minimum atomic E-state index is -2.97. The predicted octanol–water partition coefficient (Wildman–Crippen LogP) is 1.67. The van der Waals surface area contributed by atoms with E-state index in [1.807, 2.05) is 0 Å². The molecule has 19 heavy (non-hydrogen) atoms. The van der Waals surface area contributed by atoms with Gasteiger partial charge in [0, 0.05) is 19.0 Å². The van der Waals surface area contributed by atoms with Gasteiger partial charge in [-0.05, 0) is 25.4 Å². The van der Waals surface area contributed by atoms with Crippen molar-refractivity contribution in [2.45, 2.75) is 44.9 Å². The van der Waals surface area contributed by atoms with E-state index in [2.05, 4.69) is 28.1 Å². The summed E-state index contributed by atoms with van der Waals surface area (Å²) in [5.41, 5.74) is 0. The summed E-state index contributed by atoms with van der Waals surface area (Å²) in [6.45, 7) is 9.59. The number of nitrogens with zero attached hydrogens (tertiary/aromatic N) is 3. The lowest BCUT2D eigenvalue weighted by Gasteiger charge is -2.37. The molecule has 1 fully saturated rings. The van der Waals surface area contributed by atoms with Gasteiger partial charge in [-0.3, -0.25) is 4.90 Å². The van der Waals surface area contributed by atoms with Crippen molar-refractivity contribution in [1.29, 1.82) is 0 Å². The van der Waals surface area contributed by atoms with Gasteiger partial charge in [0.25, 0.3) is 0 Å². The van der Waals surface area contributed by atoms with E-state index in [0.29, 0.717) is 25.6 Å². The van der Waals surface area contributed by atoms with Gasteiger partial charge in [0.2, 0.25) is 0 Å². The zero-order valence-corrected chi connectivity index (χ0v) is 13.5. The van der Waals surface area contributed by atoms with Crippen LogP contribution in [0.5, 0.6) is 0 Å². The first-order valence-electron chi connectivity index (χ1n) is 6.48. The van der Waals surface area contributed by atoms with Gasteiger partial charge in [0.05, 0.1) is 17.0 Å². The monoisotopic (exact) mass is 303 g/mol. The summed E-state index contributed by atoms with van der Waals surface area (Å²) in [6.07, 6.45) is 0. The van der Waals surface area contributed by atoms with Crippen LogP contribution in [0.3, 0.4) is 0 Å². The molecule has 108 valence electrons. The van der Waals surface area contributed by atoms with Crippen molar-refractivity contribution in [2.24, 2.45) is 0 Å². The lowest BCUT2D eigenvalue weighted by Crippen LogP contribution is -2.52. The van der Waals surface area contributed by atoms with Gasteiger partial charge in [-0.2, -0.15) is 4.37 Å². The van der Waals surface area contributed by atoms with Gasteiger partial charge >= 0.3 is 0 Å². The number of hydrogen-bond acceptors (Lipinski definition) is 6. The molecule has 7 heteroatoms. The highest BCUT2D eigenvalue weighted by molar-refractivity contribution is 7.92. The fourth-order valence-electron chi connectivity index (χ4n) is 2.13. The predicted molar refractivity (Wildman–Crippen MR) is 77.1 cm³/mol. The highest BCUT2D eigenvalue weighted by Crippen LogP contribution is 2.25. The van der Waals surface area contributed by atoms with Crippen molar-refractivity contribution >= 4 is 21.4 Å². The molecular formula is C12H21N3O2S2. The molecule has 0 aromatic carbocycles. The van der Waals surface area contributed by atoms with Gasteiger partial charge < -0.3 is 0 Å². The van der Waals surface area contributed by atoms with Crippen LogP contribution in [0, 0.1) is 0 Å². The fraction of sp³-hybridized carbons (Fsp3) is 0.833. The van der Waals surface area contributed by atoms with Crippen LogP contribution in [0.1, 0.15) is 44.4 Å². The van der Waals surface area contributed by atoms with Gasteiger partial charge in [0.1, 0.15) is 10.8 Å². The Labute approximate surface area is 119 Å². The molecule has 0 radical (unpaired) electrons. The molecule has 1 saturated heterocycles. The van der Waals surface area contributed by atoms with Crippen LogP contribution < -0.4 is 0 Å². The van der Waals surface area contributed by atoms with Crippen LogP contribution in [0.15, 0.2) is 0 Å².